The number of furan rings is 1. The maximum Gasteiger partial charge on any atom is 0.161 e. The lowest BCUT2D eigenvalue weighted by Crippen LogP contribution is -2.17. The first-order valence-corrected chi connectivity index (χ1v) is 9.06. The van der Waals surface area contributed by atoms with Crippen molar-refractivity contribution in [2.24, 2.45) is 0 Å². The van der Waals surface area contributed by atoms with Crippen molar-refractivity contribution in [2.75, 3.05) is 20.8 Å². The molecule has 1 atom stereocenters. The van der Waals surface area contributed by atoms with Gasteiger partial charge in [0.05, 0.1) is 20.8 Å². The van der Waals surface area contributed by atoms with Crippen LogP contribution in [0, 0.1) is 0 Å². The molecule has 0 fully saturated rings. The van der Waals surface area contributed by atoms with Crippen LogP contribution in [0.5, 0.6) is 11.5 Å². The molecule has 27 heavy (non-hydrogen) atoms. The molecule has 0 amide bonds. The van der Waals surface area contributed by atoms with Gasteiger partial charge in [0, 0.05) is 10.8 Å². The minimum atomic E-state index is -0.133. The zero-order valence-electron chi connectivity index (χ0n) is 15.3. The van der Waals surface area contributed by atoms with Gasteiger partial charge in [-0.15, -0.1) is 0 Å². The van der Waals surface area contributed by atoms with E-state index < -0.39 is 0 Å². The molecule has 0 bridgehead atoms. The largest absolute Gasteiger partial charge is 0.493 e. The number of rotatable bonds is 3. The van der Waals surface area contributed by atoms with Gasteiger partial charge in [0.25, 0.3) is 0 Å². The second kappa shape index (κ2) is 6.32. The molecular formula is C23H20O4. The summed E-state index contributed by atoms with van der Waals surface area (Å²) in [5.74, 6) is 1.48. The monoisotopic (exact) mass is 360 g/mol. The maximum absolute atomic E-state index is 6.17. The molecule has 4 heteroatoms. The number of benzene rings is 3. The van der Waals surface area contributed by atoms with Gasteiger partial charge in [0.1, 0.15) is 17.3 Å². The van der Waals surface area contributed by atoms with Crippen molar-refractivity contribution in [1.82, 2.24) is 0 Å². The van der Waals surface area contributed by atoms with E-state index in [0.29, 0.717) is 6.61 Å². The van der Waals surface area contributed by atoms with E-state index in [-0.39, 0.29) is 6.10 Å². The topological polar surface area (TPSA) is 40.8 Å². The predicted molar refractivity (Wildman–Crippen MR) is 105 cm³/mol. The zero-order valence-corrected chi connectivity index (χ0v) is 15.3. The Bertz CT molecular complexity index is 1140. The number of hydrogen-bond donors (Lipinski definition) is 0. The van der Waals surface area contributed by atoms with E-state index in [4.69, 9.17) is 18.6 Å². The lowest BCUT2D eigenvalue weighted by molar-refractivity contribution is 0.0696. The first kappa shape index (κ1) is 16.2. The second-order valence-electron chi connectivity index (χ2n) is 6.76. The molecule has 0 saturated heterocycles. The number of para-hydroxylation sites is 1. The highest BCUT2D eigenvalue weighted by Crippen LogP contribution is 2.41. The Kier molecular flexibility index (Phi) is 3.80. The predicted octanol–water partition coefficient (Wildman–Crippen LogP) is 5.27. The summed E-state index contributed by atoms with van der Waals surface area (Å²) in [6.07, 6.45) is 0.731. The van der Waals surface area contributed by atoms with Gasteiger partial charge in [-0.3, -0.25) is 0 Å². The van der Waals surface area contributed by atoms with Crippen LogP contribution in [0.25, 0.3) is 21.9 Å². The van der Waals surface area contributed by atoms with Crippen LogP contribution in [0.2, 0.25) is 0 Å². The number of hydrogen-bond acceptors (Lipinski definition) is 4. The lowest BCUT2D eigenvalue weighted by Gasteiger charge is -2.27. The molecule has 0 radical (unpaired) electrons. The van der Waals surface area contributed by atoms with Crippen LogP contribution in [0.1, 0.15) is 22.8 Å². The van der Waals surface area contributed by atoms with E-state index in [2.05, 4.69) is 24.3 Å². The van der Waals surface area contributed by atoms with Crippen molar-refractivity contribution in [3.8, 4) is 11.5 Å². The quantitative estimate of drug-likeness (QED) is 0.499. The molecule has 3 aromatic carbocycles. The van der Waals surface area contributed by atoms with Crippen molar-refractivity contribution in [2.45, 2.75) is 12.5 Å². The fourth-order valence-electron chi connectivity index (χ4n) is 3.96. The van der Waals surface area contributed by atoms with Gasteiger partial charge in [0.15, 0.2) is 11.5 Å². The summed E-state index contributed by atoms with van der Waals surface area (Å²) in [5, 5.41) is 2.23. The molecule has 136 valence electrons. The third-order valence-corrected chi connectivity index (χ3v) is 5.29. The Labute approximate surface area is 157 Å². The van der Waals surface area contributed by atoms with Crippen molar-refractivity contribution in [3.63, 3.8) is 0 Å². The summed E-state index contributed by atoms with van der Waals surface area (Å²) in [5.41, 5.74) is 5.28. The Morgan fingerprint density at radius 3 is 2.48 bits per heavy atom. The third-order valence-electron chi connectivity index (χ3n) is 5.29. The van der Waals surface area contributed by atoms with Crippen LogP contribution in [0.15, 0.2) is 59.0 Å². The van der Waals surface area contributed by atoms with Gasteiger partial charge in [0.2, 0.25) is 0 Å². The van der Waals surface area contributed by atoms with E-state index in [9.17, 15) is 0 Å². The van der Waals surface area contributed by atoms with Crippen molar-refractivity contribution in [1.29, 1.82) is 0 Å². The zero-order chi connectivity index (χ0) is 18.4. The lowest BCUT2D eigenvalue weighted by atomic mass is 9.91. The molecule has 1 aliphatic rings. The van der Waals surface area contributed by atoms with Gasteiger partial charge >= 0.3 is 0 Å². The Morgan fingerprint density at radius 2 is 1.63 bits per heavy atom. The smallest absolute Gasteiger partial charge is 0.161 e. The summed E-state index contributed by atoms with van der Waals surface area (Å²) in [6.45, 7) is 0.678. The van der Waals surface area contributed by atoms with Gasteiger partial charge in [-0.1, -0.05) is 24.3 Å². The summed E-state index contributed by atoms with van der Waals surface area (Å²) >= 11 is 0. The molecule has 0 saturated carbocycles. The Hall–Kier alpha value is -2.98. The molecule has 0 aliphatic carbocycles. The highest BCUT2D eigenvalue weighted by Gasteiger charge is 2.25. The van der Waals surface area contributed by atoms with Gasteiger partial charge < -0.3 is 18.6 Å². The van der Waals surface area contributed by atoms with Crippen molar-refractivity contribution in [3.05, 3.63) is 71.3 Å². The highest BCUT2D eigenvalue weighted by molar-refractivity contribution is 6.05. The molecular weight excluding hydrogens is 340 g/mol. The first-order valence-electron chi connectivity index (χ1n) is 9.06. The average molecular weight is 360 g/mol. The maximum atomic E-state index is 6.17. The van der Waals surface area contributed by atoms with E-state index in [1.807, 2.05) is 30.3 Å². The van der Waals surface area contributed by atoms with Crippen LogP contribution < -0.4 is 9.47 Å². The van der Waals surface area contributed by atoms with E-state index >= 15 is 0 Å². The van der Waals surface area contributed by atoms with Crippen molar-refractivity contribution < 1.29 is 18.6 Å². The first-order chi connectivity index (χ1) is 13.3. The highest BCUT2D eigenvalue weighted by atomic mass is 16.5. The SMILES string of the molecule is COc1cc2c(cc1OC)[C@H](c1ccc3oc4ccccc4c3c1)OCC2. The fraction of sp³-hybridized carbons (Fsp3) is 0.217. The minimum absolute atomic E-state index is 0.133. The molecule has 0 spiro atoms. The van der Waals surface area contributed by atoms with Crippen molar-refractivity contribution >= 4 is 21.9 Å². The second-order valence-corrected chi connectivity index (χ2v) is 6.76. The van der Waals surface area contributed by atoms with E-state index in [1.54, 1.807) is 14.2 Å². The summed E-state index contributed by atoms with van der Waals surface area (Å²) in [4.78, 5) is 0. The molecule has 4 nitrogen and oxygen atoms in total. The Balaban J connectivity index is 1.66. The normalized spacial score (nSPS) is 16.4. The summed E-state index contributed by atoms with van der Waals surface area (Å²) in [6, 6.07) is 18.5. The standard InChI is InChI=1S/C23H20O4/c1-24-21-12-14-9-10-26-23(17(14)13-22(21)25-2)15-7-8-20-18(11-15)16-5-3-4-6-19(16)27-20/h3-8,11-13,23H,9-10H2,1-2H3/t23-/m0/s1. The Morgan fingerprint density at radius 1 is 0.852 bits per heavy atom. The van der Waals surface area contributed by atoms with Crippen LogP contribution in [-0.4, -0.2) is 20.8 Å². The molecule has 0 unspecified atom stereocenters. The van der Waals surface area contributed by atoms with Gasteiger partial charge in [-0.05, 0) is 53.4 Å². The molecule has 5 rings (SSSR count). The van der Waals surface area contributed by atoms with Crippen LogP contribution >= 0.6 is 0 Å². The number of methoxy groups -OCH3 is 2. The van der Waals surface area contributed by atoms with Gasteiger partial charge in [-0.2, -0.15) is 0 Å². The average Bonchev–Trinajstić information content (AvgIpc) is 3.10. The van der Waals surface area contributed by atoms with Crippen LogP contribution in [0.3, 0.4) is 0 Å². The molecule has 4 aromatic rings. The number of fused-ring (bicyclic) bond motifs is 4. The summed E-state index contributed by atoms with van der Waals surface area (Å²) in [7, 11) is 3.33. The molecule has 2 heterocycles. The molecule has 1 aromatic heterocycles. The van der Waals surface area contributed by atoms with Gasteiger partial charge in [-0.25, -0.2) is 0 Å². The fourth-order valence-corrected chi connectivity index (χ4v) is 3.96. The number of ether oxygens (including phenoxy) is 3. The summed E-state index contributed by atoms with van der Waals surface area (Å²) < 4.78 is 23.1. The molecule has 1 aliphatic heterocycles. The third kappa shape index (κ3) is 2.56. The van der Waals surface area contributed by atoms with E-state index in [0.717, 1.165) is 51.0 Å². The van der Waals surface area contributed by atoms with Crippen LogP contribution in [-0.2, 0) is 11.2 Å². The molecule has 0 N–H and O–H groups in total. The van der Waals surface area contributed by atoms with Crippen LogP contribution in [0.4, 0.5) is 0 Å². The van der Waals surface area contributed by atoms with E-state index in [1.165, 1.54) is 5.56 Å². The minimum Gasteiger partial charge on any atom is -0.493 e.